The molecule has 1 heterocycles. The molecule has 5 heteroatoms. The molecule has 0 spiro atoms. The number of alkyl halides is 3. The molecule has 0 saturated heterocycles. The Morgan fingerprint density at radius 1 is 1.00 bits per heavy atom. The van der Waals surface area contributed by atoms with E-state index in [0.717, 1.165) is 31.7 Å². The summed E-state index contributed by atoms with van der Waals surface area (Å²) >= 11 is 0. The van der Waals surface area contributed by atoms with Crippen molar-refractivity contribution in [2.75, 3.05) is 18.6 Å². The Balaban J connectivity index is 1.94. The number of nitrogens with zero attached hydrogens (tertiary/aromatic N) is 2. The first-order chi connectivity index (χ1) is 9.98. The molecule has 0 saturated carbocycles. The van der Waals surface area contributed by atoms with E-state index in [1.54, 1.807) is 17.1 Å². The molecule has 3 rings (SSSR count). The molecule has 0 amide bonds. The lowest BCUT2D eigenvalue weighted by Gasteiger charge is -2.32. The average molecular weight is 296 g/mol. The molecular formula is C16H19F3N2. The van der Waals surface area contributed by atoms with Gasteiger partial charge in [0.1, 0.15) is 0 Å². The molecule has 21 heavy (non-hydrogen) atoms. The van der Waals surface area contributed by atoms with E-state index < -0.39 is 11.7 Å². The van der Waals surface area contributed by atoms with Crippen LogP contribution in [0.15, 0.2) is 35.5 Å². The number of para-hydroxylation sites is 1. The van der Waals surface area contributed by atoms with Crippen LogP contribution in [0.3, 0.4) is 0 Å². The molecule has 0 atom stereocenters. The van der Waals surface area contributed by atoms with Gasteiger partial charge in [-0.05, 0) is 43.4 Å². The Morgan fingerprint density at radius 3 is 2.48 bits per heavy atom. The number of anilines is 1. The molecular weight excluding hydrogens is 277 g/mol. The summed E-state index contributed by atoms with van der Waals surface area (Å²) in [4.78, 5) is 0. The quantitative estimate of drug-likeness (QED) is 0.748. The zero-order chi connectivity index (χ0) is 15.0. The van der Waals surface area contributed by atoms with Gasteiger partial charge in [-0.15, -0.1) is 0 Å². The van der Waals surface area contributed by atoms with Gasteiger partial charge in [0.05, 0.1) is 17.8 Å². The summed E-state index contributed by atoms with van der Waals surface area (Å²) in [7, 11) is 1.88. The molecule has 1 aromatic carbocycles. The van der Waals surface area contributed by atoms with Crippen LogP contribution in [0.25, 0.3) is 0 Å². The minimum Gasteiger partial charge on any atom is -0.292 e. The topological polar surface area (TPSA) is 6.48 Å². The Hall–Kier alpha value is -1.65. The summed E-state index contributed by atoms with van der Waals surface area (Å²) < 4.78 is 39.6. The lowest BCUT2D eigenvalue weighted by Crippen LogP contribution is -2.36. The number of benzene rings is 1. The first-order valence-corrected chi connectivity index (χ1v) is 7.37. The molecule has 0 fully saturated rings. The van der Waals surface area contributed by atoms with Crippen LogP contribution in [-0.4, -0.2) is 18.6 Å². The minimum absolute atomic E-state index is 0.251. The molecule has 1 aromatic rings. The summed E-state index contributed by atoms with van der Waals surface area (Å²) in [5.74, 6) is 0. The predicted molar refractivity (Wildman–Crippen MR) is 76.7 cm³/mol. The second kappa shape index (κ2) is 5.28. The molecule has 0 N–H and O–H groups in total. The van der Waals surface area contributed by atoms with Crippen molar-refractivity contribution >= 4 is 5.69 Å². The van der Waals surface area contributed by atoms with Crippen LogP contribution in [0.2, 0.25) is 0 Å². The van der Waals surface area contributed by atoms with Crippen LogP contribution in [0.4, 0.5) is 18.9 Å². The molecule has 0 unspecified atom stereocenters. The lowest BCUT2D eigenvalue weighted by atomic mass is 10.1. The van der Waals surface area contributed by atoms with Crippen molar-refractivity contribution in [3.05, 3.63) is 41.1 Å². The van der Waals surface area contributed by atoms with Crippen molar-refractivity contribution < 1.29 is 13.2 Å². The second-order valence-electron chi connectivity index (χ2n) is 5.71. The van der Waals surface area contributed by atoms with Gasteiger partial charge in [-0.3, -0.25) is 10.0 Å². The molecule has 0 radical (unpaired) electrons. The summed E-state index contributed by atoms with van der Waals surface area (Å²) in [5.41, 5.74) is 2.20. The van der Waals surface area contributed by atoms with Crippen molar-refractivity contribution in [2.24, 2.45) is 0 Å². The van der Waals surface area contributed by atoms with Crippen LogP contribution < -0.4 is 5.01 Å². The van der Waals surface area contributed by atoms with E-state index in [0.29, 0.717) is 6.54 Å². The van der Waals surface area contributed by atoms with Gasteiger partial charge in [-0.1, -0.05) is 18.6 Å². The highest BCUT2D eigenvalue weighted by molar-refractivity contribution is 5.57. The van der Waals surface area contributed by atoms with Gasteiger partial charge in [-0.2, -0.15) is 13.2 Å². The Kier molecular flexibility index (Phi) is 3.59. The van der Waals surface area contributed by atoms with Gasteiger partial charge >= 0.3 is 6.18 Å². The Labute approximate surface area is 122 Å². The van der Waals surface area contributed by atoms with Crippen molar-refractivity contribution in [1.29, 1.82) is 0 Å². The van der Waals surface area contributed by atoms with Gasteiger partial charge in [0, 0.05) is 12.7 Å². The summed E-state index contributed by atoms with van der Waals surface area (Å²) in [6.45, 7) is 0.582. The van der Waals surface area contributed by atoms with E-state index >= 15 is 0 Å². The molecule has 1 aliphatic heterocycles. The van der Waals surface area contributed by atoms with E-state index in [2.05, 4.69) is 0 Å². The monoisotopic (exact) mass is 296 g/mol. The Morgan fingerprint density at radius 2 is 1.71 bits per heavy atom. The van der Waals surface area contributed by atoms with E-state index in [9.17, 15) is 13.2 Å². The van der Waals surface area contributed by atoms with Crippen molar-refractivity contribution in [3.63, 3.8) is 0 Å². The van der Waals surface area contributed by atoms with Crippen LogP contribution in [0.1, 0.15) is 37.7 Å². The van der Waals surface area contributed by atoms with E-state index in [4.69, 9.17) is 0 Å². The standard InChI is InChI=1S/C16H19F3N2/c1-20-14-9-4-2-3-7-12(14)11-21(20)15-10-6-5-8-13(15)16(17,18)19/h5-6,8,10H,2-4,7,9,11H2,1H3. The van der Waals surface area contributed by atoms with Crippen LogP contribution in [0.5, 0.6) is 0 Å². The number of hydrogen-bond acceptors (Lipinski definition) is 2. The minimum atomic E-state index is -4.32. The summed E-state index contributed by atoms with van der Waals surface area (Å²) in [5, 5.41) is 3.68. The average Bonchev–Trinajstić information content (AvgIpc) is 2.63. The van der Waals surface area contributed by atoms with Crippen molar-refractivity contribution in [3.8, 4) is 0 Å². The van der Waals surface area contributed by atoms with Gasteiger partial charge < -0.3 is 0 Å². The zero-order valence-electron chi connectivity index (χ0n) is 12.1. The van der Waals surface area contributed by atoms with Crippen LogP contribution in [-0.2, 0) is 6.18 Å². The molecule has 0 bridgehead atoms. The largest absolute Gasteiger partial charge is 0.418 e. The normalized spacial score (nSPS) is 19.8. The summed E-state index contributed by atoms with van der Waals surface area (Å²) in [6, 6.07) is 5.83. The predicted octanol–water partition coefficient (Wildman–Crippen LogP) is 4.59. The Bertz CT molecular complexity index is 563. The fraction of sp³-hybridized carbons (Fsp3) is 0.500. The number of rotatable bonds is 1. The second-order valence-corrected chi connectivity index (χ2v) is 5.71. The van der Waals surface area contributed by atoms with Crippen LogP contribution >= 0.6 is 0 Å². The number of hydrazine groups is 1. The van der Waals surface area contributed by atoms with E-state index in [1.165, 1.54) is 23.8 Å². The maximum atomic E-state index is 13.2. The number of allylic oxidation sites excluding steroid dienone is 1. The first-order valence-electron chi connectivity index (χ1n) is 7.37. The summed E-state index contributed by atoms with van der Waals surface area (Å²) in [6.07, 6.45) is 1.12. The highest BCUT2D eigenvalue weighted by Crippen LogP contribution is 2.41. The fourth-order valence-corrected chi connectivity index (χ4v) is 3.31. The lowest BCUT2D eigenvalue weighted by molar-refractivity contribution is -0.137. The maximum Gasteiger partial charge on any atom is 0.418 e. The molecule has 2 nitrogen and oxygen atoms in total. The molecule has 2 aliphatic rings. The van der Waals surface area contributed by atoms with E-state index in [-0.39, 0.29) is 5.69 Å². The fourth-order valence-electron chi connectivity index (χ4n) is 3.31. The van der Waals surface area contributed by atoms with Gasteiger partial charge in [-0.25, -0.2) is 0 Å². The molecule has 1 aliphatic carbocycles. The van der Waals surface area contributed by atoms with Gasteiger partial charge in [0.25, 0.3) is 0 Å². The highest BCUT2D eigenvalue weighted by atomic mass is 19.4. The smallest absolute Gasteiger partial charge is 0.292 e. The number of hydrogen-bond donors (Lipinski definition) is 0. The molecule has 114 valence electrons. The van der Waals surface area contributed by atoms with Crippen molar-refractivity contribution in [1.82, 2.24) is 5.01 Å². The third kappa shape index (κ3) is 2.61. The zero-order valence-corrected chi connectivity index (χ0v) is 12.1. The van der Waals surface area contributed by atoms with E-state index in [1.807, 2.05) is 12.1 Å². The third-order valence-corrected chi connectivity index (χ3v) is 4.38. The van der Waals surface area contributed by atoms with Gasteiger partial charge in [0.2, 0.25) is 0 Å². The maximum absolute atomic E-state index is 13.2. The van der Waals surface area contributed by atoms with Gasteiger partial charge in [0.15, 0.2) is 0 Å². The first kappa shape index (κ1) is 14.3. The third-order valence-electron chi connectivity index (χ3n) is 4.38. The van der Waals surface area contributed by atoms with Crippen LogP contribution in [0, 0.1) is 0 Å². The SMILES string of the molecule is CN1C2=C(CCCCC2)CN1c1ccccc1C(F)(F)F. The number of halogens is 3. The van der Waals surface area contributed by atoms with Crippen molar-refractivity contribution in [2.45, 2.75) is 38.3 Å². The molecule has 0 aromatic heterocycles. The highest BCUT2D eigenvalue weighted by Gasteiger charge is 2.37.